The molecule has 0 saturated carbocycles. The maximum absolute atomic E-state index is 12.9. The maximum Gasteiger partial charge on any atom is 0.265 e. The fourth-order valence-corrected chi connectivity index (χ4v) is 4.29. The minimum Gasteiger partial charge on any atom is -0.370 e. The molecule has 1 aliphatic heterocycles. The van der Waals surface area contributed by atoms with Gasteiger partial charge in [-0.25, -0.2) is 0 Å². The number of hydrogen-bond donors (Lipinski definition) is 2. The van der Waals surface area contributed by atoms with E-state index in [4.69, 9.17) is 16.3 Å². The van der Waals surface area contributed by atoms with Crippen LogP contribution in [0.1, 0.15) is 25.6 Å². The Morgan fingerprint density at radius 2 is 1.81 bits per heavy atom. The number of ether oxygens (including phenoxy) is 1. The molecule has 0 atom stereocenters. The minimum atomic E-state index is -0.298. The third-order valence-corrected chi connectivity index (χ3v) is 6.28. The molecule has 0 radical (unpaired) electrons. The summed E-state index contributed by atoms with van der Waals surface area (Å²) in [6.07, 6.45) is 0. The zero-order valence-electron chi connectivity index (χ0n) is 17.2. The number of hydrogen-bond acceptors (Lipinski definition) is 5. The molecule has 0 unspecified atom stereocenters. The normalized spacial score (nSPS) is 13.7. The van der Waals surface area contributed by atoms with Gasteiger partial charge < -0.3 is 20.3 Å². The highest BCUT2D eigenvalue weighted by Gasteiger charge is 2.20. The largest absolute Gasteiger partial charge is 0.370 e. The van der Waals surface area contributed by atoms with Crippen LogP contribution in [0.5, 0.6) is 0 Å². The van der Waals surface area contributed by atoms with Crippen LogP contribution >= 0.6 is 22.9 Å². The lowest BCUT2D eigenvalue weighted by Gasteiger charge is -2.26. The van der Waals surface area contributed by atoms with E-state index in [2.05, 4.69) is 10.6 Å². The first-order chi connectivity index (χ1) is 15.4. The van der Waals surface area contributed by atoms with Gasteiger partial charge in [0, 0.05) is 29.2 Å². The fraction of sp³-hybridized carbons (Fsp3) is 0.174. The first-order valence-corrected chi connectivity index (χ1v) is 11.1. The van der Waals surface area contributed by atoms with Crippen molar-refractivity contribution in [2.24, 2.45) is 0 Å². The SMILES string of the molecule is Cc1c(NC(=O)c2ccc(Cl)s2)cccc1C(=O)Nc1ccc(N2CCOCC2=O)cc1. The third-order valence-electron chi connectivity index (χ3n) is 5.05. The van der Waals surface area contributed by atoms with Crippen molar-refractivity contribution < 1.29 is 19.1 Å². The molecule has 2 N–H and O–H groups in total. The lowest BCUT2D eigenvalue weighted by Crippen LogP contribution is -2.41. The number of carbonyl (C=O) groups excluding carboxylic acids is 3. The average Bonchev–Trinajstić information content (AvgIpc) is 3.22. The Morgan fingerprint density at radius 3 is 2.50 bits per heavy atom. The van der Waals surface area contributed by atoms with Crippen LogP contribution < -0.4 is 15.5 Å². The first-order valence-electron chi connectivity index (χ1n) is 9.88. The molecular weight excluding hydrogens is 450 g/mol. The van der Waals surface area contributed by atoms with Crippen molar-refractivity contribution in [1.82, 2.24) is 0 Å². The summed E-state index contributed by atoms with van der Waals surface area (Å²) in [6.45, 7) is 2.85. The van der Waals surface area contributed by atoms with Crippen LogP contribution in [0.15, 0.2) is 54.6 Å². The molecule has 2 heterocycles. The van der Waals surface area contributed by atoms with Crippen molar-refractivity contribution in [2.45, 2.75) is 6.92 Å². The zero-order valence-corrected chi connectivity index (χ0v) is 18.8. The summed E-state index contributed by atoms with van der Waals surface area (Å²) in [5.74, 6) is -0.670. The summed E-state index contributed by atoms with van der Waals surface area (Å²) >= 11 is 7.09. The van der Waals surface area contributed by atoms with E-state index >= 15 is 0 Å². The Balaban J connectivity index is 1.46. The van der Waals surface area contributed by atoms with Crippen LogP contribution in [0, 0.1) is 6.92 Å². The van der Waals surface area contributed by atoms with Gasteiger partial charge in [0.05, 0.1) is 15.8 Å². The van der Waals surface area contributed by atoms with Gasteiger partial charge in [-0.3, -0.25) is 14.4 Å². The number of thiophene rings is 1. The molecule has 4 rings (SSSR count). The number of anilines is 3. The monoisotopic (exact) mass is 469 g/mol. The molecule has 0 spiro atoms. The summed E-state index contributed by atoms with van der Waals surface area (Å²) in [7, 11) is 0. The van der Waals surface area contributed by atoms with Crippen molar-refractivity contribution in [1.29, 1.82) is 0 Å². The van der Waals surface area contributed by atoms with Crippen molar-refractivity contribution in [3.63, 3.8) is 0 Å². The highest BCUT2D eigenvalue weighted by molar-refractivity contribution is 7.18. The number of rotatable bonds is 5. The van der Waals surface area contributed by atoms with Gasteiger partial charge in [0.25, 0.3) is 17.7 Å². The smallest absolute Gasteiger partial charge is 0.265 e. The Morgan fingerprint density at radius 1 is 1.03 bits per heavy atom. The summed E-state index contributed by atoms with van der Waals surface area (Å²) in [5, 5.41) is 5.69. The summed E-state index contributed by atoms with van der Waals surface area (Å²) in [4.78, 5) is 39.4. The topological polar surface area (TPSA) is 87.7 Å². The standard InChI is InChI=1S/C23H20ClN3O4S/c1-14-17(3-2-4-18(14)26-23(30)19-9-10-20(24)32-19)22(29)25-15-5-7-16(8-6-15)27-11-12-31-13-21(27)28/h2-10H,11-13H2,1H3,(H,25,29)(H,26,30). The average molecular weight is 470 g/mol. The summed E-state index contributed by atoms with van der Waals surface area (Å²) in [5.41, 5.74) is 3.00. The molecule has 7 nitrogen and oxygen atoms in total. The van der Waals surface area contributed by atoms with Gasteiger partial charge in [0.15, 0.2) is 0 Å². The Bertz CT molecular complexity index is 1180. The summed E-state index contributed by atoms with van der Waals surface area (Å²) in [6, 6.07) is 15.5. The van der Waals surface area contributed by atoms with Crippen molar-refractivity contribution >= 4 is 57.7 Å². The first kappa shape index (κ1) is 22.0. The number of halogens is 1. The molecule has 3 amide bonds. The highest BCUT2D eigenvalue weighted by atomic mass is 35.5. The minimum absolute atomic E-state index is 0.0736. The number of amides is 3. The number of benzene rings is 2. The third kappa shape index (κ3) is 4.83. The van der Waals surface area contributed by atoms with Crippen LogP contribution in [-0.2, 0) is 9.53 Å². The van der Waals surface area contributed by atoms with E-state index in [0.717, 1.165) is 5.69 Å². The van der Waals surface area contributed by atoms with Crippen molar-refractivity contribution in [3.05, 3.63) is 74.9 Å². The predicted octanol–water partition coefficient (Wildman–Crippen LogP) is 4.58. The van der Waals surface area contributed by atoms with Gasteiger partial charge in [-0.05, 0) is 61.0 Å². The molecule has 164 valence electrons. The Hall–Kier alpha value is -3.20. The van der Waals surface area contributed by atoms with Gasteiger partial charge in [0.1, 0.15) is 6.61 Å². The van der Waals surface area contributed by atoms with Gasteiger partial charge in [-0.2, -0.15) is 0 Å². The second-order valence-electron chi connectivity index (χ2n) is 7.13. The summed E-state index contributed by atoms with van der Waals surface area (Å²) < 4.78 is 5.68. The molecule has 0 aliphatic carbocycles. The highest BCUT2D eigenvalue weighted by Crippen LogP contribution is 2.25. The molecule has 9 heteroatoms. The maximum atomic E-state index is 12.9. The van der Waals surface area contributed by atoms with E-state index in [1.54, 1.807) is 66.4 Å². The van der Waals surface area contributed by atoms with E-state index < -0.39 is 0 Å². The molecule has 1 aliphatic rings. The van der Waals surface area contributed by atoms with E-state index in [1.807, 2.05) is 0 Å². The number of carbonyl (C=O) groups is 3. The molecule has 0 bridgehead atoms. The second kappa shape index (κ2) is 9.52. The van der Waals surface area contributed by atoms with Crippen LogP contribution in [0.25, 0.3) is 0 Å². The lowest BCUT2D eigenvalue weighted by atomic mass is 10.1. The van der Waals surface area contributed by atoms with Gasteiger partial charge in [-0.1, -0.05) is 17.7 Å². The molecular formula is C23H20ClN3O4S. The van der Waals surface area contributed by atoms with E-state index in [1.165, 1.54) is 11.3 Å². The zero-order chi connectivity index (χ0) is 22.7. The number of morpholine rings is 1. The predicted molar refractivity (Wildman–Crippen MR) is 126 cm³/mol. The van der Waals surface area contributed by atoms with Crippen molar-refractivity contribution in [3.8, 4) is 0 Å². The van der Waals surface area contributed by atoms with Crippen LogP contribution in [0.3, 0.4) is 0 Å². The Kier molecular flexibility index (Phi) is 6.55. The van der Waals surface area contributed by atoms with E-state index in [0.29, 0.717) is 44.9 Å². The Labute approximate surface area is 193 Å². The lowest BCUT2D eigenvalue weighted by molar-refractivity contribution is -0.125. The number of nitrogens with one attached hydrogen (secondary N) is 2. The molecule has 1 aromatic heterocycles. The number of nitrogens with zero attached hydrogens (tertiary/aromatic N) is 1. The molecule has 1 saturated heterocycles. The molecule has 3 aromatic rings. The van der Waals surface area contributed by atoms with Crippen molar-refractivity contribution in [2.75, 3.05) is 35.3 Å². The molecule has 32 heavy (non-hydrogen) atoms. The van der Waals surface area contributed by atoms with E-state index in [-0.39, 0.29) is 24.3 Å². The second-order valence-corrected chi connectivity index (χ2v) is 8.85. The molecule has 2 aromatic carbocycles. The van der Waals surface area contributed by atoms with Crippen LogP contribution in [-0.4, -0.2) is 37.5 Å². The molecule has 1 fully saturated rings. The van der Waals surface area contributed by atoms with Gasteiger partial charge in [0.2, 0.25) is 0 Å². The van der Waals surface area contributed by atoms with Crippen LogP contribution in [0.2, 0.25) is 4.34 Å². The van der Waals surface area contributed by atoms with Crippen LogP contribution in [0.4, 0.5) is 17.1 Å². The van der Waals surface area contributed by atoms with Gasteiger partial charge >= 0.3 is 0 Å². The van der Waals surface area contributed by atoms with Gasteiger partial charge in [-0.15, -0.1) is 11.3 Å². The fourth-order valence-electron chi connectivity index (χ4n) is 3.35. The quantitative estimate of drug-likeness (QED) is 0.572. The van der Waals surface area contributed by atoms with E-state index in [9.17, 15) is 14.4 Å².